The molecule has 1 aromatic heterocycles. The summed E-state index contributed by atoms with van der Waals surface area (Å²) in [5.41, 5.74) is 1.84. The van der Waals surface area contributed by atoms with E-state index in [1.54, 1.807) is 22.6 Å². The molecule has 0 aliphatic carbocycles. The number of aliphatic hydroxyl groups is 1. The maximum Gasteiger partial charge on any atom is 0.415 e. The van der Waals surface area contributed by atoms with Crippen LogP contribution in [0.1, 0.15) is 49.8 Å². The zero-order valence-electron chi connectivity index (χ0n) is 17.9. The number of urea groups is 1. The van der Waals surface area contributed by atoms with Gasteiger partial charge in [-0.3, -0.25) is 14.7 Å². The van der Waals surface area contributed by atoms with Crippen LogP contribution in [0.2, 0.25) is 0 Å². The Kier molecular flexibility index (Phi) is 6.00. The molecule has 4 heterocycles. The van der Waals surface area contributed by atoms with Crippen LogP contribution in [0.3, 0.4) is 0 Å². The predicted molar refractivity (Wildman–Crippen MR) is 114 cm³/mol. The lowest BCUT2D eigenvalue weighted by molar-refractivity contribution is -0.118. The third-order valence-corrected chi connectivity index (χ3v) is 6.03. The molecule has 1 aromatic rings. The topological polar surface area (TPSA) is 108 Å². The van der Waals surface area contributed by atoms with E-state index in [0.29, 0.717) is 31.9 Å². The molecule has 11 heteroatoms. The van der Waals surface area contributed by atoms with Gasteiger partial charge in [0.1, 0.15) is 23.5 Å². The van der Waals surface area contributed by atoms with Gasteiger partial charge in [-0.25, -0.2) is 14.6 Å². The summed E-state index contributed by atoms with van der Waals surface area (Å²) in [6.45, 7) is 7.02. The minimum absolute atomic E-state index is 0.0672. The van der Waals surface area contributed by atoms with Crippen LogP contribution in [0.25, 0.3) is 0 Å². The molecule has 3 aliphatic rings. The molecule has 3 aliphatic heterocycles. The van der Waals surface area contributed by atoms with E-state index in [2.05, 4.69) is 9.98 Å². The molecule has 31 heavy (non-hydrogen) atoms. The third kappa shape index (κ3) is 4.17. The molecular weight excluding hydrogens is 422 g/mol. The van der Waals surface area contributed by atoms with Crippen molar-refractivity contribution < 1.29 is 24.3 Å². The van der Waals surface area contributed by atoms with Gasteiger partial charge < -0.3 is 14.7 Å². The van der Waals surface area contributed by atoms with Crippen LogP contribution >= 0.6 is 11.3 Å². The Morgan fingerprint density at radius 1 is 1.39 bits per heavy atom. The van der Waals surface area contributed by atoms with E-state index in [0.717, 1.165) is 10.6 Å². The smallest absolute Gasteiger partial charge is 0.415 e. The molecule has 1 unspecified atom stereocenters. The summed E-state index contributed by atoms with van der Waals surface area (Å²) < 4.78 is 5.55. The van der Waals surface area contributed by atoms with E-state index >= 15 is 0 Å². The lowest BCUT2D eigenvalue weighted by Gasteiger charge is -2.33. The average molecular weight is 450 g/mol. The molecular formula is C20H27N5O5S. The zero-order valence-corrected chi connectivity index (χ0v) is 18.7. The van der Waals surface area contributed by atoms with Crippen LogP contribution in [0, 0.1) is 0 Å². The maximum atomic E-state index is 13.2. The number of ether oxygens (including phenoxy) is 1. The van der Waals surface area contributed by atoms with Gasteiger partial charge in [-0.1, -0.05) is 12.2 Å². The number of amidine groups is 1. The Bertz CT molecular complexity index is 908. The number of nitrogens with zero attached hydrogens (tertiary/aromatic N) is 5. The van der Waals surface area contributed by atoms with Crippen molar-refractivity contribution in [1.29, 1.82) is 0 Å². The molecule has 1 N–H and O–H groups in total. The minimum Gasteiger partial charge on any atom is -0.443 e. The fraction of sp³-hybridized carbons (Fsp3) is 0.600. The summed E-state index contributed by atoms with van der Waals surface area (Å²) in [6, 6.07) is -1.09. The molecule has 1 fully saturated rings. The lowest BCUT2D eigenvalue weighted by Crippen LogP contribution is -2.47. The van der Waals surface area contributed by atoms with Crippen molar-refractivity contribution >= 4 is 29.3 Å². The maximum absolute atomic E-state index is 13.2. The number of fused-ring (bicyclic) bond motifs is 4. The highest BCUT2D eigenvalue weighted by molar-refractivity contribution is 7.09. The molecule has 2 atom stereocenters. The first-order chi connectivity index (χ1) is 14.8. The molecule has 0 radical (unpaired) electrons. The fourth-order valence-electron chi connectivity index (χ4n) is 3.86. The van der Waals surface area contributed by atoms with E-state index in [4.69, 9.17) is 14.7 Å². The summed E-state index contributed by atoms with van der Waals surface area (Å²) in [7, 11) is 0. The number of hydrogen-bond acceptors (Lipinski definition) is 8. The molecule has 168 valence electrons. The second kappa shape index (κ2) is 8.56. The van der Waals surface area contributed by atoms with Crippen LogP contribution in [0.5, 0.6) is 0 Å². The Morgan fingerprint density at radius 3 is 2.94 bits per heavy atom. The van der Waals surface area contributed by atoms with E-state index in [1.165, 1.54) is 21.3 Å². The van der Waals surface area contributed by atoms with Crippen molar-refractivity contribution in [2.75, 3.05) is 32.8 Å². The highest BCUT2D eigenvalue weighted by Crippen LogP contribution is 2.46. The molecule has 1 saturated heterocycles. The second-order valence-electron chi connectivity index (χ2n) is 8.43. The number of thiazole rings is 1. The normalized spacial score (nSPS) is 23.0. The van der Waals surface area contributed by atoms with Gasteiger partial charge in [-0.05, 0) is 27.2 Å². The summed E-state index contributed by atoms with van der Waals surface area (Å²) in [5, 5.41) is 10.2. The van der Waals surface area contributed by atoms with Gasteiger partial charge in [-0.15, -0.1) is 11.3 Å². The van der Waals surface area contributed by atoms with Gasteiger partial charge in [0.2, 0.25) is 0 Å². The van der Waals surface area contributed by atoms with Gasteiger partial charge in [-0.2, -0.15) is 5.06 Å². The van der Waals surface area contributed by atoms with Gasteiger partial charge in [0.05, 0.1) is 42.3 Å². The van der Waals surface area contributed by atoms with Crippen molar-refractivity contribution in [3.8, 4) is 0 Å². The van der Waals surface area contributed by atoms with E-state index < -0.39 is 17.7 Å². The Balaban J connectivity index is 1.57. The molecule has 0 spiro atoms. The zero-order chi connectivity index (χ0) is 22.2. The SMILES string of the molecule is CC(C)(C)OC(=O)N1CCN=C1C1c2ncsc2[C@@H]2CN1C(=O)N2OC/C=C/CCO. The number of hydrogen-bond donors (Lipinski definition) is 1. The fourth-order valence-corrected chi connectivity index (χ4v) is 4.75. The molecule has 0 aromatic carbocycles. The number of hydroxylamine groups is 2. The molecule has 3 amide bonds. The van der Waals surface area contributed by atoms with Gasteiger partial charge in [0.25, 0.3) is 0 Å². The lowest BCUT2D eigenvalue weighted by atomic mass is 10.0. The average Bonchev–Trinajstić information content (AvgIpc) is 3.42. The van der Waals surface area contributed by atoms with Gasteiger partial charge in [0.15, 0.2) is 0 Å². The van der Waals surface area contributed by atoms with Crippen molar-refractivity contribution in [2.24, 2.45) is 4.99 Å². The first kappa shape index (κ1) is 21.7. The van der Waals surface area contributed by atoms with Crippen molar-refractivity contribution in [3.63, 3.8) is 0 Å². The van der Waals surface area contributed by atoms with Gasteiger partial charge in [0, 0.05) is 6.61 Å². The van der Waals surface area contributed by atoms with Crippen LogP contribution in [-0.4, -0.2) is 81.4 Å². The van der Waals surface area contributed by atoms with E-state index in [9.17, 15) is 9.59 Å². The predicted octanol–water partition coefficient (Wildman–Crippen LogP) is 2.50. The second-order valence-corrected chi connectivity index (χ2v) is 9.32. The summed E-state index contributed by atoms with van der Waals surface area (Å²) in [5.74, 6) is 0.484. The number of aliphatic hydroxyl groups excluding tert-OH is 1. The Hall–Kier alpha value is -2.50. The number of aliphatic imine (C=N–C) groups is 1. The largest absolute Gasteiger partial charge is 0.443 e. The van der Waals surface area contributed by atoms with Crippen LogP contribution in [-0.2, 0) is 9.57 Å². The first-order valence-electron chi connectivity index (χ1n) is 10.3. The molecule has 0 saturated carbocycles. The first-order valence-corrected chi connectivity index (χ1v) is 11.2. The number of amides is 3. The van der Waals surface area contributed by atoms with Crippen LogP contribution in [0.4, 0.5) is 9.59 Å². The molecule has 2 bridgehead atoms. The third-order valence-electron chi connectivity index (χ3n) is 5.09. The van der Waals surface area contributed by atoms with Gasteiger partial charge >= 0.3 is 12.1 Å². The summed E-state index contributed by atoms with van der Waals surface area (Å²) >= 11 is 1.47. The van der Waals surface area contributed by atoms with Crippen LogP contribution < -0.4 is 0 Å². The number of aromatic nitrogens is 1. The van der Waals surface area contributed by atoms with E-state index in [1.807, 2.05) is 20.8 Å². The number of carbonyl (C=O) groups is 2. The summed E-state index contributed by atoms with van der Waals surface area (Å²) in [6.07, 6.45) is 3.64. The van der Waals surface area contributed by atoms with E-state index in [-0.39, 0.29) is 25.3 Å². The Labute approximate surface area is 184 Å². The quantitative estimate of drug-likeness (QED) is 0.669. The highest BCUT2D eigenvalue weighted by atomic mass is 32.1. The van der Waals surface area contributed by atoms with Crippen molar-refractivity contribution in [3.05, 3.63) is 28.2 Å². The number of rotatable bonds is 6. The number of carbonyl (C=O) groups excluding carboxylic acids is 2. The van der Waals surface area contributed by atoms with Crippen molar-refractivity contribution in [1.82, 2.24) is 19.8 Å². The highest BCUT2D eigenvalue weighted by Gasteiger charge is 2.53. The summed E-state index contributed by atoms with van der Waals surface area (Å²) in [4.78, 5) is 44.9. The van der Waals surface area contributed by atoms with Crippen molar-refractivity contribution in [2.45, 2.75) is 44.9 Å². The van der Waals surface area contributed by atoms with Crippen LogP contribution in [0.15, 0.2) is 22.7 Å². The molecule has 10 nitrogen and oxygen atoms in total. The Morgan fingerprint density at radius 2 is 2.19 bits per heavy atom. The standard InChI is InChI=1S/C20H27N5O5S/c1-20(2,3)30-19(28)23-8-7-21-17(23)15-14-16(31-12-22-14)13-11-24(15)18(27)25(13)29-10-6-4-5-9-26/h4,6,12-13,15,26H,5,7-11H2,1-3H3/b6-4+/t13-,15?/m0/s1. The minimum atomic E-state index is -0.633. The monoisotopic (exact) mass is 449 g/mol. The molecule has 4 rings (SSSR count).